The Balaban J connectivity index is 3.29. The molecule has 1 heterocycles. The lowest BCUT2D eigenvalue weighted by Crippen LogP contribution is -2.40. The van der Waals surface area contributed by atoms with Gasteiger partial charge in [-0.1, -0.05) is 0 Å². The molecule has 0 aliphatic rings. The summed E-state index contributed by atoms with van der Waals surface area (Å²) in [5, 5.41) is 19.7. The van der Waals surface area contributed by atoms with E-state index in [1.54, 1.807) is 0 Å². The van der Waals surface area contributed by atoms with Crippen LogP contribution >= 0.6 is 0 Å². The van der Waals surface area contributed by atoms with E-state index in [0.29, 0.717) is 6.20 Å². The second-order valence-electron chi connectivity index (χ2n) is 3.91. The minimum atomic E-state index is -1.55. The van der Waals surface area contributed by atoms with E-state index in [2.05, 4.69) is 4.98 Å². The van der Waals surface area contributed by atoms with E-state index in [1.165, 1.54) is 0 Å². The van der Waals surface area contributed by atoms with E-state index in [1.807, 2.05) is 0 Å². The molecule has 0 aromatic carbocycles. The molecule has 5 N–H and O–H groups in total. The molecule has 11 nitrogen and oxygen atoms in total. The average Bonchev–Trinajstić information content (AvgIpc) is 2.35. The molecule has 2 amide bonds. The number of carbonyl (C=O) groups is 3. The van der Waals surface area contributed by atoms with Gasteiger partial charge in [-0.3, -0.25) is 19.7 Å². The molecular formula is C10H11N5O6. The zero-order chi connectivity index (χ0) is 16.2. The molecule has 112 valence electrons. The van der Waals surface area contributed by atoms with Crippen LogP contribution in [0.15, 0.2) is 12.3 Å². The third-order valence-electron chi connectivity index (χ3n) is 2.31. The molecule has 0 fully saturated rings. The Morgan fingerprint density at radius 2 is 1.81 bits per heavy atom. The van der Waals surface area contributed by atoms with E-state index in [0.717, 1.165) is 11.0 Å². The van der Waals surface area contributed by atoms with Crippen LogP contribution in [0.4, 0.5) is 11.5 Å². The van der Waals surface area contributed by atoms with Crippen LogP contribution in [-0.4, -0.2) is 45.9 Å². The zero-order valence-corrected chi connectivity index (χ0v) is 10.6. The molecule has 0 saturated heterocycles. The van der Waals surface area contributed by atoms with E-state index in [-0.39, 0.29) is 5.82 Å². The molecule has 21 heavy (non-hydrogen) atoms. The second-order valence-corrected chi connectivity index (χ2v) is 3.91. The minimum Gasteiger partial charge on any atom is -0.477 e. The number of nitro groups is 1. The Bertz CT molecular complexity index is 600. The lowest BCUT2D eigenvalue weighted by Gasteiger charge is -2.20. The number of rotatable bonds is 7. The van der Waals surface area contributed by atoms with Gasteiger partial charge in [-0.25, -0.2) is 9.78 Å². The molecule has 0 spiro atoms. The lowest BCUT2D eigenvalue weighted by molar-refractivity contribution is -0.385. The minimum absolute atomic E-state index is 0.143. The Kier molecular flexibility index (Phi) is 4.72. The number of nitrogens with two attached hydrogens (primary N) is 2. The molecule has 0 aliphatic carbocycles. The Morgan fingerprint density at radius 1 is 1.29 bits per heavy atom. The molecule has 0 aliphatic heterocycles. The largest absolute Gasteiger partial charge is 0.477 e. The summed E-state index contributed by atoms with van der Waals surface area (Å²) < 4.78 is 0. The van der Waals surface area contributed by atoms with Gasteiger partial charge in [0.1, 0.15) is 17.6 Å². The highest BCUT2D eigenvalue weighted by Crippen LogP contribution is 2.22. The summed E-state index contributed by atoms with van der Waals surface area (Å²) in [4.78, 5) is 47.3. The first-order chi connectivity index (χ1) is 9.72. The van der Waals surface area contributed by atoms with E-state index < -0.39 is 47.0 Å². The number of hydrogen-bond donors (Lipinski definition) is 3. The number of amides is 2. The van der Waals surface area contributed by atoms with E-state index in [9.17, 15) is 24.5 Å². The number of primary amides is 2. The maximum absolute atomic E-state index is 11.0. The molecule has 0 atom stereocenters. The van der Waals surface area contributed by atoms with Crippen molar-refractivity contribution in [1.82, 2.24) is 4.98 Å². The third-order valence-corrected chi connectivity index (χ3v) is 2.31. The molecule has 1 rings (SSSR count). The van der Waals surface area contributed by atoms with Gasteiger partial charge in [0.15, 0.2) is 0 Å². The fourth-order valence-electron chi connectivity index (χ4n) is 1.52. The molecule has 0 bridgehead atoms. The van der Waals surface area contributed by atoms with E-state index >= 15 is 0 Å². The summed E-state index contributed by atoms with van der Waals surface area (Å²) >= 11 is 0. The molecule has 1 aromatic rings. The molecule has 0 unspecified atom stereocenters. The fourth-order valence-corrected chi connectivity index (χ4v) is 1.52. The van der Waals surface area contributed by atoms with Crippen molar-refractivity contribution in [2.45, 2.75) is 0 Å². The van der Waals surface area contributed by atoms with Gasteiger partial charge in [0.05, 0.1) is 18.0 Å². The number of aromatic carboxylic acids is 1. The predicted octanol–water partition coefficient (Wildman–Crippen LogP) is -1.53. The van der Waals surface area contributed by atoms with Crippen LogP contribution in [0.1, 0.15) is 10.4 Å². The smallest absolute Gasteiger partial charge is 0.342 e. The second kappa shape index (κ2) is 6.27. The lowest BCUT2D eigenvalue weighted by atomic mass is 10.2. The Labute approximate surface area is 117 Å². The number of carboxylic acid groups (broad SMARTS) is 1. The standard InChI is InChI=1S/C10H11N5O6/c11-7(16)3-14(4-8(12)17)9-1-5(10(18)19)6(2-13-9)15(20)21/h1-2H,3-4H2,(H2,11,16)(H2,12,17)(H,18,19). The fraction of sp³-hybridized carbons (Fsp3) is 0.200. The van der Waals surface area contributed by atoms with Gasteiger partial charge < -0.3 is 21.5 Å². The van der Waals surface area contributed by atoms with Crippen molar-refractivity contribution in [2.75, 3.05) is 18.0 Å². The Morgan fingerprint density at radius 3 is 2.19 bits per heavy atom. The average molecular weight is 297 g/mol. The first-order valence-corrected chi connectivity index (χ1v) is 5.41. The normalized spacial score (nSPS) is 9.90. The highest BCUT2D eigenvalue weighted by Gasteiger charge is 2.23. The summed E-state index contributed by atoms with van der Waals surface area (Å²) in [6, 6.07) is 0.867. The van der Waals surface area contributed by atoms with Crippen molar-refractivity contribution in [3.05, 3.63) is 27.9 Å². The summed E-state index contributed by atoms with van der Waals surface area (Å²) in [6.45, 7) is -0.903. The number of pyridine rings is 1. The number of hydrogen-bond acceptors (Lipinski definition) is 7. The SMILES string of the molecule is NC(=O)CN(CC(N)=O)c1cc(C(=O)O)c([N+](=O)[O-])cn1. The van der Waals surface area contributed by atoms with Gasteiger partial charge in [-0.2, -0.15) is 0 Å². The number of anilines is 1. The van der Waals surface area contributed by atoms with Crippen molar-refractivity contribution in [3.8, 4) is 0 Å². The van der Waals surface area contributed by atoms with Crippen molar-refractivity contribution in [2.24, 2.45) is 11.5 Å². The van der Waals surface area contributed by atoms with Gasteiger partial charge in [0, 0.05) is 6.07 Å². The van der Waals surface area contributed by atoms with Crippen molar-refractivity contribution in [1.29, 1.82) is 0 Å². The molecule has 1 aromatic heterocycles. The summed E-state index contributed by atoms with van der Waals surface area (Å²) in [7, 11) is 0. The number of carboxylic acids is 1. The van der Waals surface area contributed by atoms with Crippen molar-refractivity contribution < 1.29 is 24.4 Å². The highest BCUT2D eigenvalue weighted by atomic mass is 16.6. The van der Waals surface area contributed by atoms with Crippen LogP contribution in [-0.2, 0) is 9.59 Å². The maximum Gasteiger partial charge on any atom is 0.342 e. The summed E-state index contributed by atoms with van der Waals surface area (Å²) in [5.41, 5.74) is 8.64. The van der Waals surface area contributed by atoms with E-state index in [4.69, 9.17) is 16.6 Å². The van der Waals surface area contributed by atoms with Crippen LogP contribution in [0.25, 0.3) is 0 Å². The molecule has 0 saturated carbocycles. The van der Waals surface area contributed by atoms with Gasteiger partial charge in [0.2, 0.25) is 11.8 Å². The van der Waals surface area contributed by atoms with Gasteiger partial charge in [-0.05, 0) is 0 Å². The van der Waals surface area contributed by atoms with Gasteiger partial charge >= 0.3 is 11.7 Å². The molecule has 0 radical (unpaired) electrons. The van der Waals surface area contributed by atoms with Crippen molar-refractivity contribution >= 4 is 29.3 Å². The first-order valence-electron chi connectivity index (χ1n) is 5.41. The van der Waals surface area contributed by atoms with Gasteiger partial charge in [0.25, 0.3) is 0 Å². The Hall–Kier alpha value is -3.24. The molecular weight excluding hydrogens is 286 g/mol. The molecule has 11 heteroatoms. The van der Waals surface area contributed by atoms with Crippen LogP contribution in [0.3, 0.4) is 0 Å². The number of aromatic nitrogens is 1. The van der Waals surface area contributed by atoms with Crippen LogP contribution < -0.4 is 16.4 Å². The predicted molar refractivity (Wildman–Crippen MR) is 68.5 cm³/mol. The number of carbonyl (C=O) groups excluding carboxylic acids is 2. The van der Waals surface area contributed by atoms with Crippen LogP contribution in [0.2, 0.25) is 0 Å². The van der Waals surface area contributed by atoms with Crippen LogP contribution in [0.5, 0.6) is 0 Å². The zero-order valence-electron chi connectivity index (χ0n) is 10.6. The van der Waals surface area contributed by atoms with Gasteiger partial charge in [-0.15, -0.1) is 0 Å². The summed E-state index contributed by atoms with van der Waals surface area (Å²) in [5.74, 6) is -3.32. The topological polar surface area (TPSA) is 183 Å². The first kappa shape index (κ1) is 15.8. The monoisotopic (exact) mass is 297 g/mol. The van der Waals surface area contributed by atoms with Crippen LogP contribution in [0, 0.1) is 10.1 Å². The maximum atomic E-state index is 11.0. The highest BCUT2D eigenvalue weighted by molar-refractivity contribution is 5.93. The third kappa shape index (κ3) is 4.12. The summed E-state index contributed by atoms with van der Waals surface area (Å²) in [6.07, 6.45) is 0.716. The van der Waals surface area contributed by atoms with Crippen molar-refractivity contribution in [3.63, 3.8) is 0 Å². The number of nitrogens with zero attached hydrogens (tertiary/aromatic N) is 3. The quantitative estimate of drug-likeness (QED) is 0.399.